The molecule has 1 aliphatic heterocycles. The smallest absolute Gasteiger partial charge is 0.146 e. The maximum Gasteiger partial charge on any atom is 0.146 e. The molecule has 2 aromatic carbocycles. The highest BCUT2D eigenvalue weighted by atomic mass is 19.1. The van der Waals surface area contributed by atoms with Crippen LogP contribution in [0.15, 0.2) is 48.5 Å². The van der Waals surface area contributed by atoms with Crippen LogP contribution in [0.3, 0.4) is 0 Å². The van der Waals surface area contributed by atoms with E-state index < -0.39 is 0 Å². The van der Waals surface area contributed by atoms with Crippen LogP contribution in [0.4, 0.5) is 15.8 Å². The number of para-hydroxylation sites is 1. The van der Waals surface area contributed by atoms with Crippen molar-refractivity contribution < 1.29 is 4.39 Å². The molecule has 1 fully saturated rings. The van der Waals surface area contributed by atoms with E-state index in [0.717, 1.165) is 31.7 Å². The Kier molecular flexibility index (Phi) is 4.06. The van der Waals surface area contributed by atoms with Crippen LogP contribution in [-0.4, -0.2) is 26.2 Å². The molecule has 0 atom stereocenters. The zero-order chi connectivity index (χ0) is 14.7. The van der Waals surface area contributed by atoms with Crippen molar-refractivity contribution >= 4 is 11.4 Å². The van der Waals surface area contributed by atoms with Crippen LogP contribution in [0, 0.1) is 5.82 Å². The number of nitrogens with zero attached hydrogens (tertiary/aromatic N) is 2. The average molecular weight is 285 g/mol. The Morgan fingerprint density at radius 3 is 2.19 bits per heavy atom. The van der Waals surface area contributed by atoms with E-state index >= 15 is 0 Å². The Balaban J connectivity index is 1.68. The second kappa shape index (κ2) is 6.14. The third-order valence-electron chi connectivity index (χ3n) is 3.99. The third-order valence-corrected chi connectivity index (χ3v) is 3.99. The molecule has 0 aliphatic carbocycles. The fourth-order valence-electron chi connectivity index (χ4n) is 2.78. The van der Waals surface area contributed by atoms with Crippen molar-refractivity contribution in [2.45, 2.75) is 6.54 Å². The maximum absolute atomic E-state index is 14.1. The molecular formula is C17H20FN3. The van der Waals surface area contributed by atoms with Crippen LogP contribution in [0.1, 0.15) is 5.56 Å². The molecule has 4 heteroatoms. The molecule has 0 saturated carbocycles. The predicted molar refractivity (Wildman–Crippen MR) is 85.2 cm³/mol. The summed E-state index contributed by atoms with van der Waals surface area (Å²) >= 11 is 0. The van der Waals surface area contributed by atoms with Gasteiger partial charge in [0.2, 0.25) is 0 Å². The van der Waals surface area contributed by atoms with Gasteiger partial charge in [0.15, 0.2) is 0 Å². The summed E-state index contributed by atoms with van der Waals surface area (Å²) in [6, 6.07) is 15.6. The molecule has 3 rings (SSSR count). The number of hydrogen-bond acceptors (Lipinski definition) is 3. The summed E-state index contributed by atoms with van der Waals surface area (Å²) in [7, 11) is 0. The Morgan fingerprint density at radius 2 is 1.57 bits per heavy atom. The molecule has 1 aliphatic rings. The summed E-state index contributed by atoms with van der Waals surface area (Å²) in [6.07, 6.45) is 0. The minimum absolute atomic E-state index is 0.175. The lowest BCUT2D eigenvalue weighted by atomic mass is 10.1. The van der Waals surface area contributed by atoms with Gasteiger partial charge in [0.25, 0.3) is 0 Å². The number of halogens is 1. The van der Waals surface area contributed by atoms with Crippen molar-refractivity contribution in [3.05, 3.63) is 59.9 Å². The third kappa shape index (κ3) is 3.00. The van der Waals surface area contributed by atoms with Crippen LogP contribution >= 0.6 is 0 Å². The normalized spacial score (nSPS) is 15.3. The number of rotatable bonds is 3. The molecule has 2 N–H and O–H groups in total. The van der Waals surface area contributed by atoms with Crippen LogP contribution < -0.4 is 15.5 Å². The number of piperazine rings is 1. The zero-order valence-electron chi connectivity index (χ0n) is 12.0. The molecule has 1 saturated heterocycles. The van der Waals surface area contributed by atoms with E-state index in [1.165, 1.54) is 5.69 Å². The summed E-state index contributed by atoms with van der Waals surface area (Å²) in [5, 5.41) is 0. The van der Waals surface area contributed by atoms with E-state index in [1.54, 1.807) is 6.07 Å². The Hall–Kier alpha value is -2.07. The topological polar surface area (TPSA) is 32.5 Å². The molecule has 0 aromatic heterocycles. The minimum atomic E-state index is -0.175. The van der Waals surface area contributed by atoms with Crippen molar-refractivity contribution in [1.29, 1.82) is 0 Å². The summed E-state index contributed by atoms with van der Waals surface area (Å²) in [4.78, 5) is 4.44. The van der Waals surface area contributed by atoms with Gasteiger partial charge in [-0.15, -0.1) is 0 Å². The van der Waals surface area contributed by atoms with Crippen LogP contribution in [-0.2, 0) is 6.54 Å². The molecule has 0 amide bonds. The SMILES string of the molecule is NCc1ccc(N2CCN(c3ccccc3)CC2)c(F)c1. The summed E-state index contributed by atoms with van der Waals surface area (Å²) < 4.78 is 14.1. The Morgan fingerprint density at radius 1 is 0.905 bits per heavy atom. The van der Waals surface area contributed by atoms with Gasteiger partial charge in [-0.05, 0) is 29.8 Å². The van der Waals surface area contributed by atoms with Crippen LogP contribution in [0.2, 0.25) is 0 Å². The lowest BCUT2D eigenvalue weighted by Crippen LogP contribution is -2.46. The average Bonchev–Trinajstić information content (AvgIpc) is 2.56. The molecule has 21 heavy (non-hydrogen) atoms. The van der Waals surface area contributed by atoms with Gasteiger partial charge < -0.3 is 15.5 Å². The highest BCUT2D eigenvalue weighted by Crippen LogP contribution is 2.23. The van der Waals surface area contributed by atoms with E-state index in [4.69, 9.17) is 5.73 Å². The van der Waals surface area contributed by atoms with E-state index in [-0.39, 0.29) is 5.82 Å². The van der Waals surface area contributed by atoms with Gasteiger partial charge in [0.05, 0.1) is 5.69 Å². The second-order valence-electron chi connectivity index (χ2n) is 5.30. The Labute approximate surface area is 124 Å². The maximum atomic E-state index is 14.1. The van der Waals surface area contributed by atoms with Crippen molar-refractivity contribution in [3.8, 4) is 0 Å². The van der Waals surface area contributed by atoms with Crippen molar-refractivity contribution in [2.75, 3.05) is 36.0 Å². The monoisotopic (exact) mass is 285 g/mol. The van der Waals surface area contributed by atoms with Crippen molar-refractivity contribution in [1.82, 2.24) is 0 Å². The first-order valence-electron chi connectivity index (χ1n) is 7.31. The quantitative estimate of drug-likeness (QED) is 0.941. The summed E-state index contributed by atoms with van der Waals surface area (Å²) in [5.74, 6) is -0.175. The standard InChI is InChI=1S/C17H20FN3/c18-16-12-14(13-19)6-7-17(16)21-10-8-20(9-11-21)15-4-2-1-3-5-15/h1-7,12H,8-11,13,19H2. The lowest BCUT2D eigenvalue weighted by Gasteiger charge is -2.37. The summed E-state index contributed by atoms with van der Waals surface area (Å²) in [5.41, 5.74) is 8.29. The first kappa shape index (κ1) is 13.9. The lowest BCUT2D eigenvalue weighted by molar-refractivity contribution is 0.596. The van der Waals surface area contributed by atoms with Gasteiger partial charge >= 0.3 is 0 Å². The number of anilines is 2. The zero-order valence-corrected chi connectivity index (χ0v) is 12.0. The molecule has 0 unspecified atom stereocenters. The number of hydrogen-bond donors (Lipinski definition) is 1. The highest BCUT2D eigenvalue weighted by Gasteiger charge is 2.19. The molecule has 0 bridgehead atoms. The van der Waals surface area contributed by atoms with E-state index in [0.29, 0.717) is 12.2 Å². The molecule has 1 heterocycles. The number of nitrogens with two attached hydrogens (primary N) is 1. The van der Waals surface area contributed by atoms with Crippen molar-refractivity contribution in [3.63, 3.8) is 0 Å². The molecule has 3 nitrogen and oxygen atoms in total. The van der Waals surface area contributed by atoms with Gasteiger partial charge in [-0.25, -0.2) is 4.39 Å². The van der Waals surface area contributed by atoms with Gasteiger partial charge in [0.1, 0.15) is 5.82 Å². The van der Waals surface area contributed by atoms with E-state index in [9.17, 15) is 4.39 Å². The van der Waals surface area contributed by atoms with Gasteiger partial charge in [-0.3, -0.25) is 0 Å². The fourth-order valence-corrected chi connectivity index (χ4v) is 2.78. The van der Waals surface area contributed by atoms with Gasteiger partial charge in [-0.1, -0.05) is 24.3 Å². The molecule has 110 valence electrons. The molecule has 0 radical (unpaired) electrons. The summed E-state index contributed by atoms with van der Waals surface area (Å²) in [6.45, 7) is 3.84. The van der Waals surface area contributed by atoms with E-state index in [2.05, 4.69) is 21.9 Å². The van der Waals surface area contributed by atoms with Gasteiger partial charge in [-0.2, -0.15) is 0 Å². The largest absolute Gasteiger partial charge is 0.368 e. The van der Waals surface area contributed by atoms with Crippen molar-refractivity contribution in [2.24, 2.45) is 5.73 Å². The fraction of sp³-hybridized carbons (Fsp3) is 0.294. The first-order chi connectivity index (χ1) is 10.3. The van der Waals surface area contributed by atoms with Crippen LogP contribution in [0.5, 0.6) is 0 Å². The van der Waals surface area contributed by atoms with Crippen LogP contribution in [0.25, 0.3) is 0 Å². The minimum Gasteiger partial charge on any atom is -0.368 e. The molecule has 0 spiro atoms. The molecular weight excluding hydrogens is 265 g/mol. The van der Waals surface area contributed by atoms with Gasteiger partial charge in [0, 0.05) is 38.4 Å². The highest BCUT2D eigenvalue weighted by molar-refractivity contribution is 5.53. The number of benzene rings is 2. The second-order valence-corrected chi connectivity index (χ2v) is 5.30. The first-order valence-corrected chi connectivity index (χ1v) is 7.31. The Bertz CT molecular complexity index is 592. The molecule has 2 aromatic rings. The predicted octanol–water partition coefficient (Wildman–Crippen LogP) is 2.61. The van der Waals surface area contributed by atoms with E-state index in [1.807, 2.05) is 30.3 Å².